The third-order valence-corrected chi connectivity index (χ3v) is 3.56. The predicted molar refractivity (Wildman–Crippen MR) is 64.6 cm³/mol. The minimum Gasteiger partial charge on any atom is -0.271 e. The second-order valence-electron chi connectivity index (χ2n) is 3.98. The number of nitrogens with zero attached hydrogens (tertiary/aromatic N) is 2. The van der Waals surface area contributed by atoms with Crippen LogP contribution in [0.2, 0.25) is 0 Å². The van der Waals surface area contributed by atoms with Crippen molar-refractivity contribution in [3.05, 3.63) is 29.3 Å². The zero-order chi connectivity index (χ0) is 13.2. The second-order valence-corrected chi connectivity index (χ2v) is 5.43. The molecule has 0 aromatic heterocycles. The van der Waals surface area contributed by atoms with Gasteiger partial charge in [-0.3, -0.25) is 4.72 Å². The molecule has 0 saturated heterocycles. The van der Waals surface area contributed by atoms with E-state index in [1.54, 1.807) is 0 Å². The minimum absolute atomic E-state index is 0.0105. The average Bonchev–Trinajstić information content (AvgIpc) is 3.11. The Balaban J connectivity index is 2.20. The summed E-state index contributed by atoms with van der Waals surface area (Å²) in [6.07, 6.45) is 1.69. The molecule has 18 heavy (non-hydrogen) atoms. The monoisotopic (exact) mass is 262 g/mol. The third-order valence-electron chi connectivity index (χ3n) is 2.41. The topological polar surface area (TPSA) is 106 Å². The summed E-state index contributed by atoms with van der Waals surface area (Å²) in [4.78, 5) is 0. The zero-order valence-electron chi connectivity index (χ0n) is 9.34. The van der Waals surface area contributed by atoms with Crippen LogP contribution in [0.4, 0.5) is 5.69 Å². The molecule has 1 aliphatic rings. The third kappa shape index (κ3) is 2.98. The van der Waals surface area contributed by atoms with Crippen molar-refractivity contribution in [3.63, 3.8) is 0 Å². The number of rotatable bonds is 4. The molecule has 0 unspecified atom stereocenters. The predicted octanol–water partition coefficient (Wildman–Crippen LogP) is 0.839. The summed E-state index contributed by atoms with van der Waals surface area (Å²) in [6, 6.07) is 7.92. The van der Waals surface area contributed by atoms with E-state index in [-0.39, 0.29) is 22.9 Å². The van der Waals surface area contributed by atoms with Gasteiger partial charge in [-0.2, -0.15) is 23.7 Å². The first-order valence-electron chi connectivity index (χ1n) is 5.28. The Kier molecular flexibility index (Phi) is 3.19. The quantitative estimate of drug-likeness (QED) is 0.838. The molecule has 1 aromatic carbocycles. The largest absolute Gasteiger partial charge is 0.299 e. The standard InChI is InChI=1S/C11H10N4O2S/c12-6-8-1-2-11(5-9(8)7-13)15-18(16,17)14-10-3-4-10/h1-2,5,10,14-15H,3-4H2. The summed E-state index contributed by atoms with van der Waals surface area (Å²) in [5.41, 5.74) is 0.624. The van der Waals surface area contributed by atoms with Crippen LogP contribution in [0.15, 0.2) is 18.2 Å². The van der Waals surface area contributed by atoms with E-state index in [4.69, 9.17) is 10.5 Å². The average molecular weight is 262 g/mol. The van der Waals surface area contributed by atoms with Gasteiger partial charge in [0.15, 0.2) is 0 Å². The molecule has 2 N–H and O–H groups in total. The van der Waals surface area contributed by atoms with Gasteiger partial charge in [0.1, 0.15) is 12.1 Å². The Morgan fingerprint density at radius 3 is 2.39 bits per heavy atom. The van der Waals surface area contributed by atoms with Crippen LogP contribution in [-0.4, -0.2) is 14.5 Å². The maximum atomic E-state index is 11.6. The van der Waals surface area contributed by atoms with Crippen molar-refractivity contribution in [2.45, 2.75) is 18.9 Å². The van der Waals surface area contributed by atoms with Gasteiger partial charge in [0, 0.05) is 6.04 Å². The molecule has 7 heteroatoms. The van der Waals surface area contributed by atoms with Gasteiger partial charge in [-0.1, -0.05) is 0 Å². The van der Waals surface area contributed by atoms with E-state index in [0.717, 1.165) is 12.8 Å². The van der Waals surface area contributed by atoms with Crippen molar-refractivity contribution >= 4 is 15.9 Å². The SMILES string of the molecule is N#Cc1ccc(NS(=O)(=O)NC2CC2)cc1C#N. The van der Waals surface area contributed by atoms with Crippen molar-refractivity contribution in [1.29, 1.82) is 10.5 Å². The van der Waals surface area contributed by atoms with E-state index in [9.17, 15) is 8.42 Å². The first-order valence-corrected chi connectivity index (χ1v) is 6.77. The molecule has 1 saturated carbocycles. The lowest BCUT2D eigenvalue weighted by molar-refractivity contribution is 0.586. The molecule has 0 bridgehead atoms. The number of nitriles is 2. The molecule has 0 spiro atoms. The number of hydrogen-bond acceptors (Lipinski definition) is 4. The van der Waals surface area contributed by atoms with Crippen molar-refractivity contribution in [2.75, 3.05) is 4.72 Å². The van der Waals surface area contributed by atoms with Gasteiger partial charge in [0.05, 0.1) is 16.8 Å². The van der Waals surface area contributed by atoms with Crippen LogP contribution in [0.3, 0.4) is 0 Å². The highest BCUT2D eigenvalue weighted by atomic mass is 32.2. The molecule has 0 radical (unpaired) electrons. The molecule has 1 aromatic rings. The van der Waals surface area contributed by atoms with Crippen molar-refractivity contribution in [3.8, 4) is 12.1 Å². The second kappa shape index (κ2) is 4.65. The number of nitrogens with one attached hydrogen (secondary N) is 2. The zero-order valence-corrected chi connectivity index (χ0v) is 10.2. The van der Waals surface area contributed by atoms with Crippen LogP contribution in [0, 0.1) is 22.7 Å². The number of hydrogen-bond donors (Lipinski definition) is 2. The molecule has 0 amide bonds. The maximum Gasteiger partial charge on any atom is 0.299 e. The Labute approximate surface area is 105 Å². The van der Waals surface area contributed by atoms with Crippen molar-refractivity contribution in [1.82, 2.24) is 4.72 Å². The van der Waals surface area contributed by atoms with Gasteiger partial charge in [0.25, 0.3) is 10.2 Å². The first-order chi connectivity index (χ1) is 8.54. The fourth-order valence-electron chi connectivity index (χ4n) is 1.40. The lowest BCUT2D eigenvalue weighted by atomic mass is 10.1. The van der Waals surface area contributed by atoms with Crippen LogP contribution in [0.1, 0.15) is 24.0 Å². The fraction of sp³-hybridized carbons (Fsp3) is 0.273. The molecule has 0 heterocycles. The molecule has 92 valence electrons. The van der Waals surface area contributed by atoms with Gasteiger partial charge >= 0.3 is 0 Å². The molecule has 2 rings (SSSR count). The molecule has 1 fully saturated rings. The minimum atomic E-state index is -3.61. The van der Waals surface area contributed by atoms with Gasteiger partial charge in [-0.25, -0.2) is 0 Å². The Bertz CT molecular complexity index is 651. The molecule has 1 aliphatic carbocycles. The highest BCUT2D eigenvalue weighted by Crippen LogP contribution is 2.21. The Morgan fingerprint density at radius 1 is 1.17 bits per heavy atom. The van der Waals surface area contributed by atoms with Gasteiger partial charge in [-0.05, 0) is 31.0 Å². The van der Waals surface area contributed by atoms with Gasteiger partial charge < -0.3 is 0 Å². The lowest BCUT2D eigenvalue weighted by Crippen LogP contribution is -2.31. The van der Waals surface area contributed by atoms with E-state index in [1.807, 2.05) is 12.1 Å². The summed E-state index contributed by atoms with van der Waals surface area (Å²) >= 11 is 0. The molecule has 6 nitrogen and oxygen atoms in total. The maximum absolute atomic E-state index is 11.6. The van der Waals surface area contributed by atoms with Crippen LogP contribution >= 0.6 is 0 Å². The van der Waals surface area contributed by atoms with E-state index < -0.39 is 10.2 Å². The number of benzene rings is 1. The molecular weight excluding hydrogens is 252 g/mol. The molecular formula is C11H10N4O2S. The summed E-state index contributed by atoms with van der Waals surface area (Å²) in [6.45, 7) is 0. The fourth-order valence-corrected chi connectivity index (χ4v) is 2.57. The first kappa shape index (κ1) is 12.4. The number of anilines is 1. The van der Waals surface area contributed by atoms with Crippen LogP contribution in [0.5, 0.6) is 0 Å². The summed E-state index contributed by atoms with van der Waals surface area (Å²) in [5.74, 6) is 0. The highest BCUT2D eigenvalue weighted by molar-refractivity contribution is 7.90. The van der Waals surface area contributed by atoms with Crippen LogP contribution < -0.4 is 9.44 Å². The normalized spacial score (nSPS) is 14.6. The van der Waals surface area contributed by atoms with Gasteiger partial charge in [0.2, 0.25) is 0 Å². The summed E-state index contributed by atoms with van der Waals surface area (Å²) in [5, 5.41) is 17.6. The van der Waals surface area contributed by atoms with E-state index in [0.29, 0.717) is 0 Å². The Hall–Kier alpha value is -2.09. The summed E-state index contributed by atoms with van der Waals surface area (Å²) < 4.78 is 28.0. The molecule has 0 atom stereocenters. The van der Waals surface area contributed by atoms with E-state index >= 15 is 0 Å². The summed E-state index contributed by atoms with van der Waals surface area (Å²) in [7, 11) is -3.61. The Morgan fingerprint density at radius 2 is 1.83 bits per heavy atom. The lowest BCUT2D eigenvalue weighted by Gasteiger charge is -2.08. The van der Waals surface area contributed by atoms with Crippen LogP contribution in [-0.2, 0) is 10.2 Å². The molecule has 0 aliphatic heterocycles. The van der Waals surface area contributed by atoms with Crippen LogP contribution in [0.25, 0.3) is 0 Å². The van der Waals surface area contributed by atoms with Gasteiger partial charge in [-0.15, -0.1) is 0 Å². The van der Waals surface area contributed by atoms with E-state index in [1.165, 1.54) is 18.2 Å². The van der Waals surface area contributed by atoms with E-state index in [2.05, 4.69) is 9.44 Å². The van der Waals surface area contributed by atoms with Crippen molar-refractivity contribution in [2.24, 2.45) is 0 Å². The highest BCUT2D eigenvalue weighted by Gasteiger charge is 2.26. The van der Waals surface area contributed by atoms with Crippen molar-refractivity contribution < 1.29 is 8.42 Å². The smallest absolute Gasteiger partial charge is 0.271 e.